The highest BCUT2D eigenvalue weighted by molar-refractivity contribution is 5.75. The van der Waals surface area contributed by atoms with E-state index < -0.39 is 0 Å². The molecule has 0 aliphatic rings. The van der Waals surface area contributed by atoms with Crippen LogP contribution in [0.4, 0.5) is 0 Å². The van der Waals surface area contributed by atoms with Gasteiger partial charge in [-0.1, -0.05) is 49.4 Å². The maximum atomic E-state index is 12.6. The lowest BCUT2D eigenvalue weighted by molar-refractivity contribution is -0.131. The Morgan fingerprint density at radius 2 is 1.74 bits per heavy atom. The number of carbonyl (C=O) groups excluding carboxylic acids is 1. The van der Waals surface area contributed by atoms with Crippen molar-refractivity contribution in [1.29, 1.82) is 0 Å². The minimum absolute atomic E-state index is 0.149. The number of ether oxygens (including phenoxy) is 1. The fraction of sp³-hybridized carbons (Fsp3) is 0.370. The van der Waals surface area contributed by atoms with Crippen molar-refractivity contribution < 1.29 is 13.9 Å². The molecule has 31 heavy (non-hydrogen) atoms. The van der Waals surface area contributed by atoms with E-state index in [0.717, 1.165) is 24.4 Å². The minimum atomic E-state index is 0.149. The molecule has 2 aromatic carbocycles. The van der Waals surface area contributed by atoms with E-state index in [1.807, 2.05) is 56.0 Å². The van der Waals surface area contributed by atoms with E-state index in [9.17, 15) is 4.79 Å². The van der Waals surface area contributed by atoms with Gasteiger partial charge in [0.25, 0.3) is 0 Å². The van der Waals surface area contributed by atoms with Gasteiger partial charge in [0, 0.05) is 13.0 Å². The van der Waals surface area contributed by atoms with Gasteiger partial charge in [0.2, 0.25) is 5.91 Å². The van der Waals surface area contributed by atoms with Crippen molar-refractivity contribution in [3.63, 3.8) is 0 Å². The van der Waals surface area contributed by atoms with Gasteiger partial charge in [0.1, 0.15) is 11.5 Å². The van der Waals surface area contributed by atoms with Crippen LogP contribution in [-0.2, 0) is 17.8 Å². The van der Waals surface area contributed by atoms with Crippen LogP contribution in [0.5, 0.6) is 5.75 Å². The molecule has 4 nitrogen and oxygen atoms in total. The Morgan fingerprint density at radius 1 is 1.00 bits per heavy atom. The van der Waals surface area contributed by atoms with Crippen molar-refractivity contribution in [2.24, 2.45) is 0 Å². The third-order valence-electron chi connectivity index (χ3n) is 5.38. The summed E-state index contributed by atoms with van der Waals surface area (Å²) >= 11 is 0. The smallest absolute Gasteiger partial charge is 0.222 e. The third kappa shape index (κ3) is 7.02. The highest BCUT2D eigenvalue weighted by Gasteiger charge is 2.18. The molecule has 0 unspecified atom stereocenters. The molecule has 3 aromatic rings. The Labute approximate surface area is 185 Å². The van der Waals surface area contributed by atoms with E-state index in [1.54, 1.807) is 6.26 Å². The van der Waals surface area contributed by atoms with Gasteiger partial charge >= 0.3 is 0 Å². The summed E-state index contributed by atoms with van der Waals surface area (Å²) in [6, 6.07) is 22.7. The van der Waals surface area contributed by atoms with Crippen molar-refractivity contribution in [2.75, 3.05) is 6.54 Å². The average Bonchev–Trinajstić information content (AvgIpc) is 3.29. The number of carbonyl (C=O) groups is 1. The Balaban J connectivity index is 1.75. The Kier molecular flexibility index (Phi) is 8.34. The number of rotatable bonds is 11. The van der Waals surface area contributed by atoms with Crippen LogP contribution in [0.1, 0.15) is 56.4 Å². The first-order valence-electron chi connectivity index (χ1n) is 11.2. The molecule has 0 spiro atoms. The molecular weight excluding hydrogens is 386 g/mol. The number of hydrogen-bond acceptors (Lipinski definition) is 3. The first-order chi connectivity index (χ1) is 15.0. The summed E-state index contributed by atoms with van der Waals surface area (Å²) in [6.45, 7) is 7.18. The van der Waals surface area contributed by atoms with Crippen LogP contribution in [0.2, 0.25) is 0 Å². The first-order valence-corrected chi connectivity index (χ1v) is 11.2. The van der Waals surface area contributed by atoms with E-state index in [-0.39, 0.29) is 12.0 Å². The molecule has 0 saturated carbocycles. The fourth-order valence-electron chi connectivity index (χ4n) is 3.79. The third-order valence-corrected chi connectivity index (χ3v) is 5.38. The lowest BCUT2D eigenvalue weighted by atomic mass is 9.89. The summed E-state index contributed by atoms with van der Waals surface area (Å²) in [7, 11) is 0. The van der Waals surface area contributed by atoms with Crippen molar-refractivity contribution in [2.45, 2.75) is 58.6 Å². The summed E-state index contributed by atoms with van der Waals surface area (Å²) in [5, 5.41) is 0. The van der Waals surface area contributed by atoms with Crippen molar-refractivity contribution in [3.8, 4) is 5.75 Å². The second kappa shape index (κ2) is 11.4. The zero-order valence-electron chi connectivity index (χ0n) is 18.8. The predicted octanol–water partition coefficient (Wildman–Crippen LogP) is 6.22. The molecule has 1 atom stereocenters. The average molecular weight is 420 g/mol. The van der Waals surface area contributed by atoms with Crippen LogP contribution in [0.15, 0.2) is 77.4 Å². The SMILES string of the molecule is CCC(=O)N(CC[C@@H](Cc1ccccc1)c1ccc(OC(C)C)cc1)Cc1ccco1. The minimum Gasteiger partial charge on any atom is -0.491 e. The number of amides is 1. The molecule has 1 heterocycles. The molecule has 0 fully saturated rings. The molecule has 0 aliphatic heterocycles. The molecule has 1 aromatic heterocycles. The van der Waals surface area contributed by atoms with Crippen molar-refractivity contribution in [1.82, 2.24) is 4.90 Å². The van der Waals surface area contributed by atoms with Gasteiger partial charge in [-0.25, -0.2) is 0 Å². The van der Waals surface area contributed by atoms with Crippen molar-refractivity contribution >= 4 is 5.91 Å². The van der Waals surface area contributed by atoms with E-state index in [4.69, 9.17) is 9.15 Å². The lowest BCUT2D eigenvalue weighted by Crippen LogP contribution is -2.31. The standard InChI is InChI=1S/C27H33NO3/c1-4-27(29)28(20-26-11-8-18-30-26)17-16-24(19-22-9-6-5-7-10-22)23-12-14-25(15-13-23)31-21(2)3/h5-15,18,21,24H,4,16-17,19-20H2,1-3H3/t24-/m0/s1. The Bertz CT molecular complexity index is 901. The summed E-state index contributed by atoms with van der Waals surface area (Å²) < 4.78 is 11.3. The highest BCUT2D eigenvalue weighted by atomic mass is 16.5. The van der Waals surface area contributed by atoms with Crippen LogP contribution >= 0.6 is 0 Å². The maximum absolute atomic E-state index is 12.6. The van der Waals surface area contributed by atoms with Gasteiger partial charge in [-0.15, -0.1) is 0 Å². The Morgan fingerprint density at radius 3 is 2.35 bits per heavy atom. The molecule has 1 amide bonds. The van der Waals surface area contributed by atoms with E-state index in [2.05, 4.69) is 36.4 Å². The summed E-state index contributed by atoms with van der Waals surface area (Å²) in [5.74, 6) is 2.16. The number of hydrogen-bond donors (Lipinski definition) is 0. The van der Waals surface area contributed by atoms with E-state index in [1.165, 1.54) is 11.1 Å². The van der Waals surface area contributed by atoms with Crippen LogP contribution < -0.4 is 4.74 Å². The van der Waals surface area contributed by atoms with Crippen molar-refractivity contribution in [3.05, 3.63) is 89.9 Å². The quantitative estimate of drug-likeness (QED) is 0.370. The molecule has 4 heteroatoms. The fourth-order valence-corrected chi connectivity index (χ4v) is 3.79. The topological polar surface area (TPSA) is 42.7 Å². The molecule has 0 saturated heterocycles. The molecule has 0 N–H and O–H groups in total. The second-order valence-corrected chi connectivity index (χ2v) is 8.16. The molecular formula is C27H33NO3. The zero-order valence-corrected chi connectivity index (χ0v) is 18.8. The lowest BCUT2D eigenvalue weighted by Gasteiger charge is -2.25. The molecule has 0 aliphatic carbocycles. The van der Waals surface area contributed by atoms with Crippen LogP contribution in [-0.4, -0.2) is 23.5 Å². The van der Waals surface area contributed by atoms with Gasteiger partial charge < -0.3 is 14.1 Å². The van der Waals surface area contributed by atoms with E-state index in [0.29, 0.717) is 25.4 Å². The zero-order chi connectivity index (χ0) is 22.1. The number of nitrogens with zero attached hydrogens (tertiary/aromatic N) is 1. The van der Waals surface area contributed by atoms with Gasteiger partial charge in [0.05, 0.1) is 18.9 Å². The predicted molar refractivity (Wildman–Crippen MR) is 124 cm³/mol. The van der Waals surface area contributed by atoms with Gasteiger partial charge in [-0.2, -0.15) is 0 Å². The second-order valence-electron chi connectivity index (χ2n) is 8.16. The summed E-state index contributed by atoms with van der Waals surface area (Å²) in [5.41, 5.74) is 2.57. The van der Waals surface area contributed by atoms with E-state index >= 15 is 0 Å². The first kappa shape index (κ1) is 22.7. The molecule has 0 bridgehead atoms. The normalized spacial score (nSPS) is 12.0. The summed E-state index contributed by atoms with van der Waals surface area (Å²) in [4.78, 5) is 14.5. The highest BCUT2D eigenvalue weighted by Crippen LogP contribution is 2.27. The van der Waals surface area contributed by atoms with Crippen LogP contribution in [0, 0.1) is 0 Å². The monoisotopic (exact) mass is 419 g/mol. The molecule has 164 valence electrons. The maximum Gasteiger partial charge on any atom is 0.222 e. The van der Waals surface area contributed by atoms with Crippen LogP contribution in [0.3, 0.4) is 0 Å². The Hall–Kier alpha value is -3.01. The number of benzene rings is 2. The van der Waals surface area contributed by atoms with Gasteiger partial charge in [0.15, 0.2) is 0 Å². The molecule has 3 rings (SSSR count). The van der Waals surface area contributed by atoms with Gasteiger partial charge in [-0.3, -0.25) is 4.79 Å². The van der Waals surface area contributed by atoms with Crippen LogP contribution in [0.25, 0.3) is 0 Å². The largest absolute Gasteiger partial charge is 0.491 e. The van der Waals surface area contributed by atoms with Gasteiger partial charge in [-0.05, 0) is 68.0 Å². The summed E-state index contributed by atoms with van der Waals surface area (Å²) in [6.07, 6.45) is 4.11. The molecule has 0 radical (unpaired) electrons. The number of furan rings is 1.